The first-order valence-corrected chi connectivity index (χ1v) is 7.42. The number of nitrogens with zero attached hydrogens (tertiary/aromatic N) is 3. The number of hydrogen-bond donors (Lipinski definition) is 1. The van der Waals surface area contributed by atoms with Gasteiger partial charge in [0, 0.05) is 32.7 Å². The first-order chi connectivity index (χ1) is 10.1. The van der Waals surface area contributed by atoms with E-state index in [1.54, 1.807) is 9.58 Å². The standard InChI is InChI=1S/C14H22N4O3/c1-3-11-8-12(17(2)16-11)15-13(19)18-5-7-21-14(9-18)4-6-20-10-14/h8H,3-7,9-10H2,1-2H3,(H,15,19). The highest BCUT2D eigenvalue weighted by atomic mass is 16.6. The molecule has 0 bridgehead atoms. The van der Waals surface area contributed by atoms with Gasteiger partial charge in [-0.05, 0) is 6.42 Å². The van der Waals surface area contributed by atoms with Crippen LogP contribution < -0.4 is 5.32 Å². The third kappa shape index (κ3) is 2.89. The topological polar surface area (TPSA) is 68.6 Å². The van der Waals surface area contributed by atoms with Crippen LogP contribution >= 0.6 is 0 Å². The lowest BCUT2D eigenvalue weighted by Crippen LogP contribution is -2.55. The molecule has 0 aromatic carbocycles. The SMILES string of the molecule is CCc1cc(NC(=O)N2CCOC3(CCOC3)C2)n(C)n1. The van der Waals surface area contributed by atoms with Gasteiger partial charge in [0.05, 0.1) is 25.5 Å². The van der Waals surface area contributed by atoms with Crippen LogP contribution in [0.2, 0.25) is 0 Å². The molecule has 0 aliphatic carbocycles. The highest BCUT2D eigenvalue weighted by Gasteiger charge is 2.41. The van der Waals surface area contributed by atoms with Crippen LogP contribution in [-0.2, 0) is 22.9 Å². The molecule has 3 rings (SSSR count). The minimum absolute atomic E-state index is 0.102. The van der Waals surface area contributed by atoms with Crippen LogP contribution in [0, 0.1) is 0 Å². The number of carbonyl (C=O) groups excluding carboxylic acids is 1. The molecule has 0 radical (unpaired) electrons. The van der Waals surface area contributed by atoms with E-state index in [4.69, 9.17) is 9.47 Å². The second-order valence-electron chi connectivity index (χ2n) is 5.68. The van der Waals surface area contributed by atoms with Crippen molar-refractivity contribution in [3.63, 3.8) is 0 Å². The molecule has 1 N–H and O–H groups in total. The van der Waals surface area contributed by atoms with Gasteiger partial charge in [-0.3, -0.25) is 10.00 Å². The Morgan fingerprint density at radius 1 is 1.52 bits per heavy atom. The molecule has 2 amide bonds. The van der Waals surface area contributed by atoms with Gasteiger partial charge < -0.3 is 14.4 Å². The molecule has 21 heavy (non-hydrogen) atoms. The van der Waals surface area contributed by atoms with Crippen molar-refractivity contribution in [1.82, 2.24) is 14.7 Å². The molecule has 1 aromatic rings. The number of morpholine rings is 1. The molecule has 2 aliphatic heterocycles. The van der Waals surface area contributed by atoms with Crippen LogP contribution in [0.5, 0.6) is 0 Å². The first kappa shape index (κ1) is 14.3. The van der Waals surface area contributed by atoms with Crippen LogP contribution in [-0.4, -0.2) is 59.2 Å². The van der Waals surface area contributed by atoms with E-state index in [0.29, 0.717) is 32.9 Å². The second-order valence-corrected chi connectivity index (χ2v) is 5.68. The van der Waals surface area contributed by atoms with Gasteiger partial charge >= 0.3 is 6.03 Å². The Morgan fingerprint density at radius 3 is 3.05 bits per heavy atom. The fourth-order valence-corrected chi connectivity index (χ4v) is 2.85. The summed E-state index contributed by atoms with van der Waals surface area (Å²) < 4.78 is 13.0. The van der Waals surface area contributed by atoms with Crippen LogP contribution in [0.1, 0.15) is 19.0 Å². The molecule has 1 atom stereocenters. The lowest BCUT2D eigenvalue weighted by Gasteiger charge is -2.39. The third-order valence-corrected chi connectivity index (χ3v) is 4.13. The van der Waals surface area contributed by atoms with Gasteiger partial charge in [-0.25, -0.2) is 4.79 Å². The van der Waals surface area contributed by atoms with Crippen molar-refractivity contribution >= 4 is 11.8 Å². The van der Waals surface area contributed by atoms with Crippen molar-refractivity contribution in [1.29, 1.82) is 0 Å². The number of amides is 2. The van der Waals surface area contributed by atoms with E-state index < -0.39 is 0 Å². The van der Waals surface area contributed by atoms with Gasteiger partial charge in [0.2, 0.25) is 0 Å². The van der Waals surface area contributed by atoms with E-state index >= 15 is 0 Å². The molecule has 7 heteroatoms. The lowest BCUT2D eigenvalue weighted by molar-refractivity contribution is -0.0964. The summed E-state index contributed by atoms with van der Waals surface area (Å²) in [6, 6.07) is 1.81. The number of hydrogen-bond acceptors (Lipinski definition) is 4. The molecule has 2 saturated heterocycles. The largest absolute Gasteiger partial charge is 0.378 e. The second kappa shape index (κ2) is 5.65. The zero-order valence-electron chi connectivity index (χ0n) is 12.6. The summed E-state index contributed by atoms with van der Waals surface area (Å²) >= 11 is 0. The molecule has 1 aromatic heterocycles. The first-order valence-electron chi connectivity index (χ1n) is 7.42. The Morgan fingerprint density at radius 2 is 2.38 bits per heavy atom. The molecular weight excluding hydrogens is 272 g/mol. The summed E-state index contributed by atoms with van der Waals surface area (Å²) in [5.41, 5.74) is 0.659. The summed E-state index contributed by atoms with van der Waals surface area (Å²) in [7, 11) is 1.83. The molecule has 7 nitrogen and oxygen atoms in total. The van der Waals surface area contributed by atoms with Crippen molar-refractivity contribution < 1.29 is 14.3 Å². The summed E-state index contributed by atoms with van der Waals surface area (Å²) in [5, 5.41) is 7.27. The van der Waals surface area contributed by atoms with Crippen molar-refractivity contribution in [3.8, 4) is 0 Å². The number of aryl methyl sites for hydroxylation is 2. The molecular formula is C14H22N4O3. The fraction of sp³-hybridized carbons (Fsp3) is 0.714. The number of urea groups is 1. The summed E-state index contributed by atoms with van der Waals surface area (Å²) in [6.07, 6.45) is 1.70. The van der Waals surface area contributed by atoms with E-state index in [-0.39, 0.29) is 11.6 Å². The molecule has 3 heterocycles. The molecule has 0 saturated carbocycles. The third-order valence-electron chi connectivity index (χ3n) is 4.13. The highest BCUT2D eigenvalue weighted by Crippen LogP contribution is 2.27. The predicted octanol–water partition coefficient (Wildman–Crippen LogP) is 1.01. The van der Waals surface area contributed by atoms with Crippen molar-refractivity contribution in [2.45, 2.75) is 25.4 Å². The predicted molar refractivity (Wildman–Crippen MR) is 77.3 cm³/mol. The maximum Gasteiger partial charge on any atom is 0.323 e. The maximum absolute atomic E-state index is 12.4. The van der Waals surface area contributed by atoms with Gasteiger partial charge in [-0.2, -0.15) is 5.10 Å². The van der Waals surface area contributed by atoms with E-state index in [9.17, 15) is 4.79 Å². The fourth-order valence-electron chi connectivity index (χ4n) is 2.85. The Kier molecular flexibility index (Phi) is 3.86. The summed E-state index contributed by atoms with van der Waals surface area (Å²) in [4.78, 5) is 14.2. The molecule has 116 valence electrons. The normalized spacial score (nSPS) is 25.5. The van der Waals surface area contributed by atoms with E-state index in [1.165, 1.54) is 0 Å². The number of ether oxygens (including phenoxy) is 2. The number of aromatic nitrogens is 2. The Labute approximate surface area is 124 Å². The smallest absolute Gasteiger partial charge is 0.323 e. The zero-order chi connectivity index (χ0) is 14.9. The molecule has 2 fully saturated rings. The number of nitrogens with one attached hydrogen (secondary N) is 1. The summed E-state index contributed by atoms with van der Waals surface area (Å²) in [6.45, 7) is 5.06. The van der Waals surface area contributed by atoms with Crippen molar-refractivity contribution in [3.05, 3.63) is 11.8 Å². The molecule has 1 unspecified atom stereocenters. The van der Waals surface area contributed by atoms with Gasteiger partial charge in [-0.1, -0.05) is 6.92 Å². The molecule has 2 aliphatic rings. The monoisotopic (exact) mass is 294 g/mol. The average molecular weight is 294 g/mol. The summed E-state index contributed by atoms with van der Waals surface area (Å²) in [5.74, 6) is 0.722. The number of rotatable bonds is 2. The number of anilines is 1. The lowest BCUT2D eigenvalue weighted by atomic mass is 10.0. The quantitative estimate of drug-likeness (QED) is 0.884. The molecule has 1 spiro atoms. The van der Waals surface area contributed by atoms with Crippen LogP contribution in [0.4, 0.5) is 10.6 Å². The maximum atomic E-state index is 12.4. The van der Waals surface area contributed by atoms with Gasteiger partial charge in [0.1, 0.15) is 11.4 Å². The number of carbonyl (C=O) groups is 1. The van der Waals surface area contributed by atoms with Crippen molar-refractivity contribution in [2.24, 2.45) is 7.05 Å². The van der Waals surface area contributed by atoms with Crippen LogP contribution in [0.3, 0.4) is 0 Å². The van der Waals surface area contributed by atoms with E-state index in [1.807, 2.05) is 20.0 Å². The van der Waals surface area contributed by atoms with Gasteiger partial charge in [-0.15, -0.1) is 0 Å². The Hall–Kier alpha value is -1.60. The van der Waals surface area contributed by atoms with Crippen LogP contribution in [0.25, 0.3) is 0 Å². The minimum Gasteiger partial charge on any atom is -0.378 e. The Bertz CT molecular complexity index is 522. The van der Waals surface area contributed by atoms with E-state index in [2.05, 4.69) is 10.4 Å². The Balaban J connectivity index is 1.65. The highest BCUT2D eigenvalue weighted by molar-refractivity contribution is 5.88. The average Bonchev–Trinajstić information content (AvgIpc) is 3.07. The van der Waals surface area contributed by atoms with Gasteiger partial charge in [0.15, 0.2) is 0 Å². The minimum atomic E-state index is -0.309. The van der Waals surface area contributed by atoms with Crippen molar-refractivity contribution in [2.75, 3.05) is 38.2 Å². The van der Waals surface area contributed by atoms with E-state index in [0.717, 1.165) is 24.4 Å². The van der Waals surface area contributed by atoms with Crippen LogP contribution in [0.15, 0.2) is 6.07 Å². The van der Waals surface area contributed by atoms with Gasteiger partial charge in [0.25, 0.3) is 0 Å². The zero-order valence-corrected chi connectivity index (χ0v) is 12.6.